The van der Waals surface area contributed by atoms with Crippen molar-refractivity contribution in [2.45, 2.75) is 25.4 Å². The Morgan fingerprint density at radius 3 is 3.00 bits per heavy atom. The number of carboxylic acid groups (broad SMARTS) is 1. The zero-order valence-electron chi connectivity index (χ0n) is 9.40. The molecule has 2 N–H and O–H groups in total. The molecule has 1 fully saturated rings. The highest BCUT2D eigenvalue weighted by Gasteiger charge is 2.21. The van der Waals surface area contributed by atoms with E-state index in [1.165, 1.54) is 0 Å². The first-order chi connectivity index (χ1) is 7.15. The normalized spacial score (nSPS) is 25.1. The fraction of sp³-hybridized carbons (Fsp3) is 0.900. The predicted molar refractivity (Wildman–Crippen MR) is 57.0 cm³/mol. The zero-order valence-corrected chi connectivity index (χ0v) is 9.40. The third-order valence-electron chi connectivity index (χ3n) is 2.86. The van der Waals surface area contributed by atoms with Crippen LogP contribution in [0.25, 0.3) is 0 Å². The van der Waals surface area contributed by atoms with E-state index in [4.69, 9.17) is 9.84 Å². The van der Waals surface area contributed by atoms with E-state index in [1.807, 2.05) is 0 Å². The van der Waals surface area contributed by atoms with Gasteiger partial charge in [0, 0.05) is 19.1 Å². The number of nitrogens with one attached hydrogen (secondary N) is 1. The van der Waals surface area contributed by atoms with E-state index in [-0.39, 0.29) is 0 Å². The molecule has 1 rings (SSSR count). The quantitative estimate of drug-likeness (QED) is 0.664. The van der Waals surface area contributed by atoms with Crippen molar-refractivity contribution in [1.29, 1.82) is 0 Å². The molecule has 1 heterocycles. The van der Waals surface area contributed by atoms with Gasteiger partial charge in [-0.15, -0.1) is 0 Å². The lowest BCUT2D eigenvalue weighted by atomic mass is 10.1. The first-order valence-electron chi connectivity index (χ1n) is 5.37. The van der Waals surface area contributed by atoms with Gasteiger partial charge in [-0.25, -0.2) is 0 Å². The Balaban J connectivity index is 2.31. The molecule has 2 unspecified atom stereocenters. The fourth-order valence-corrected chi connectivity index (χ4v) is 1.78. The molecular formula is C10H20N2O3. The summed E-state index contributed by atoms with van der Waals surface area (Å²) >= 11 is 0. The van der Waals surface area contributed by atoms with Crippen LogP contribution in [0.2, 0.25) is 0 Å². The molecule has 0 saturated carbocycles. The molecule has 15 heavy (non-hydrogen) atoms. The molecular weight excluding hydrogens is 196 g/mol. The number of aliphatic carboxylic acids is 1. The molecule has 88 valence electrons. The van der Waals surface area contributed by atoms with Gasteiger partial charge in [0.2, 0.25) is 0 Å². The Morgan fingerprint density at radius 2 is 2.47 bits per heavy atom. The Kier molecular flexibility index (Phi) is 5.01. The Hall–Kier alpha value is -0.650. The third-order valence-corrected chi connectivity index (χ3v) is 2.86. The smallest absolute Gasteiger partial charge is 0.320 e. The van der Waals surface area contributed by atoms with Crippen molar-refractivity contribution in [3.05, 3.63) is 0 Å². The van der Waals surface area contributed by atoms with Crippen LogP contribution in [0.5, 0.6) is 0 Å². The maximum absolute atomic E-state index is 10.8. The molecule has 1 saturated heterocycles. The predicted octanol–water partition coefficient (Wildman–Crippen LogP) is -0.230. The van der Waals surface area contributed by atoms with E-state index in [2.05, 4.69) is 17.1 Å². The summed E-state index contributed by atoms with van der Waals surface area (Å²) in [4.78, 5) is 13.1. The van der Waals surface area contributed by atoms with Crippen LogP contribution in [0.15, 0.2) is 0 Å². The molecule has 5 heteroatoms. The minimum absolute atomic E-state index is 0.394. The van der Waals surface area contributed by atoms with Crippen molar-refractivity contribution in [3.63, 3.8) is 0 Å². The number of rotatable bonds is 5. The Bertz CT molecular complexity index is 211. The largest absolute Gasteiger partial charge is 0.480 e. The van der Waals surface area contributed by atoms with Crippen LogP contribution >= 0.6 is 0 Å². The van der Waals surface area contributed by atoms with Crippen LogP contribution < -0.4 is 5.32 Å². The zero-order chi connectivity index (χ0) is 11.3. The average Bonchev–Trinajstić information content (AvgIpc) is 2.21. The first-order valence-corrected chi connectivity index (χ1v) is 5.37. The lowest BCUT2D eigenvalue weighted by molar-refractivity contribution is -0.139. The van der Waals surface area contributed by atoms with Crippen molar-refractivity contribution in [1.82, 2.24) is 10.2 Å². The first kappa shape index (κ1) is 12.4. The minimum atomic E-state index is -0.779. The highest BCUT2D eigenvalue weighted by molar-refractivity contribution is 5.73. The number of morpholine rings is 1. The summed E-state index contributed by atoms with van der Waals surface area (Å²) in [5.41, 5.74) is 0. The number of carboxylic acids is 1. The number of nitrogens with zero attached hydrogens (tertiary/aromatic N) is 1. The van der Waals surface area contributed by atoms with Gasteiger partial charge < -0.3 is 15.2 Å². The third kappa shape index (κ3) is 3.77. The summed E-state index contributed by atoms with van der Waals surface area (Å²) in [7, 11) is 1.68. The summed E-state index contributed by atoms with van der Waals surface area (Å²) in [6.45, 7) is 5.31. The molecule has 1 aliphatic heterocycles. The number of likely N-dealkylation sites (N-methyl/N-ethyl adjacent to an activating group) is 1. The SMILES string of the molecule is CNC(CCN1CCOCC1C)C(=O)O. The number of ether oxygens (including phenoxy) is 1. The van der Waals surface area contributed by atoms with Crippen LogP contribution in [0.3, 0.4) is 0 Å². The standard InChI is InChI=1S/C10H20N2O3/c1-8-7-15-6-5-12(8)4-3-9(11-2)10(13)14/h8-9,11H,3-7H2,1-2H3,(H,13,14). The van der Waals surface area contributed by atoms with E-state index >= 15 is 0 Å². The van der Waals surface area contributed by atoms with Crippen LogP contribution in [-0.4, -0.2) is 61.4 Å². The molecule has 0 aromatic heterocycles. The van der Waals surface area contributed by atoms with Gasteiger partial charge in [-0.05, 0) is 20.4 Å². The summed E-state index contributed by atoms with van der Waals surface area (Å²) in [5, 5.41) is 11.7. The highest BCUT2D eigenvalue weighted by Crippen LogP contribution is 2.07. The second-order valence-electron chi connectivity index (χ2n) is 3.93. The molecule has 2 atom stereocenters. The fourth-order valence-electron chi connectivity index (χ4n) is 1.78. The van der Waals surface area contributed by atoms with Crippen molar-refractivity contribution < 1.29 is 14.6 Å². The average molecular weight is 216 g/mol. The summed E-state index contributed by atoms with van der Waals surface area (Å²) in [6, 6.07) is -0.0508. The van der Waals surface area contributed by atoms with Crippen LogP contribution in [-0.2, 0) is 9.53 Å². The van der Waals surface area contributed by atoms with Gasteiger partial charge in [0.15, 0.2) is 0 Å². The van der Waals surface area contributed by atoms with Crippen LogP contribution in [0, 0.1) is 0 Å². The van der Waals surface area contributed by atoms with Crippen LogP contribution in [0.4, 0.5) is 0 Å². The van der Waals surface area contributed by atoms with Crippen molar-refractivity contribution >= 4 is 5.97 Å². The van der Waals surface area contributed by atoms with Gasteiger partial charge in [-0.3, -0.25) is 9.69 Å². The monoisotopic (exact) mass is 216 g/mol. The van der Waals surface area contributed by atoms with Crippen molar-refractivity contribution in [3.8, 4) is 0 Å². The Labute approximate surface area is 90.4 Å². The van der Waals surface area contributed by atoms with Gasteiger partial charge in [0.1, 0.15) is 6.04 Å². The van der Waals surface area contributed by atoms with Crippen LogP contribution in [0.1, 0.15) is 13.3 Å². The second kappa shape index (κ2) is 6.05. The molecule has 0 aromatic carbocycles. The number of hydrogen-bond acceptors (Lipinski definition) is 4. The van der Waals surface area contributed by atoms with Gasteiger partial charge in [-0.2, -0.15) is 0 Å². The van der Waals surface area contributed by atoms with Crippen molar-refractivity contribution in [2.75, 3.05) is 33.4 Å². The van der Waals surface area contributed by atoms with E-state index in [0.717, 1.165) is 26.3 Å². The van der Waals surface area contributed by atoms with E-state index in [1.54, 1.807) is 7.05 Å². The number of carbonyl (C=O) groups is 1. The van der Waals surface area contributed by atoms with Gasteiger partial charge >= 0.3 is 5.97 Å². The van der Waals surface area contributed by atoms with Gasteiger partial charge in [0.25, 0.3) is 0 Å². The second-order valence-corrected chi connectivity index (χ2v) is 3.93. The molecule has 1 aliphatic rings. The lowest BCUT2D eigenvalue weighted by Gasteiger charge is -2.33. The van der Waals surface area contributed by atoms with Gasteiger partial charge in [0.05, 0.1) is 13.2 Å². The molecule has 0 amide bonds. The highest BCUT2D eigenvalue weighted by atomic mass is 16.5. The Morgan fingerprint density at radius 1 is 1.73 bits per heavy atom. The summed E-state index contributed by atoms with van der Waals surface area (Å²) < 4.78 is 5.32. The van der Waals surface area contributed by atoms with Gasteiger partial charge in [-0.1, -0.05) is 0 Å². The molecule has 0 aliphatic carbocycles. The molecule has 0 spiro atoms. The van der Waals surface area contributed by atoms with E-state index in [0.29, 0.717) is 12.5 Å². The maximum atomic E-state index is 10.8. The lowest BCUT2D eigenvalue weighted by Crippen LogP contribution is -2.46. The summed E-state index contributed by atoms with van der Waals surface area (Å²) in [6.07, 6.45) is 0.635. The van der Waals surface area contributed by atoms with Crippen molar-refractivity contribution in [2.24, 2.45) is 0 Å². The van der Waals surface area contributed by atoms with E-state index < -0.39 is 12.0 Å². The van der Waals surface area contributed by atoms with E-state index in [9.17, 15) is 4.79 Å². The summed E-state index contributed by atoms with van der Waals surface area (Å²) in [5.74, 6) is -0.779. The molecule has 0 aromatic rings. The topological polar surface area (TPSA) is 61.8 Å². The molecule has 5 nitrogen and oxygen atoms in total. The maximum Gasteiger partial charge on any atom is 0.320 e. The number of hydrogen-bond donors (Lipinski definition) is 2. The minimum Gasteiger partial charge on any atom is -0.480 e. The molecule has 0 radical (unpaired) electrons. The molecule has 0 bridgehead atoms.